The van der Waals surface area contributed by atoms with Crippen LogP contribution >= 0.6 is 0 Å². The topological polar surface area (TPSA) is 62.3 Å². The van der Waals surface area contributed by atoms with E-state index in [-0.39, 0.29) is 22.5 Å². The van der Waals surface area contributed by atoms with Crippen LogP contribution in [0.1, 0.15) is 48.0 Å². The Morgan fingerprint density at radius 1 is 1.22 bits per heavy atom. The first kappa shape index (κ1) is 15.4. The highest BCUT2D eigenvalue weighted by atomic mass is 16.5. The van der Waals surface area contributed by atoms with Crippen LogP contribution in [-0.2, 0) is 4.74 Å². The van der Waals surface area contributed by atoms with Crippen LogP contribution in [0.25, 0.3) is 0 Å². The molecule has 1 fully saturated rings. The van der Waals surface area contributed by atoms with Crippen molar-refractivity contribution in [1.29, 1.82) is 5.41 Å². The molecule has 4 heteroatoms. The van der Waals surface area contributed by atoms with Gasteiger partial charge in [0.1, 0.15) is 0 Å². The highest BCUT2D eigenvalue weighted by Crippen LogP contribution is 2.29. The maximum absolute atomic E-state index is 7.60. The molecular weight excluding hydrogens is 226 g/mol. The highest BCUT2D eigenvalue weighted by molar-refractivity contribution is 5.82. The van der Waals surface area contributed by atoms with Gasteiger partial charge in [-0.1, -0.05) is 13.8 Å². The zero-order valence-electron chi connectivity index (χ0n) is 12.8. The second-order valence-electron chi connectivity index (χ2n) is 7.38. The molecule has 0 aromatic rings. The van der Waals surface area contributed by atoms with Crippen molar-refractivity contribution in [2.75, 3.05) is 19.6 Å². The molecule has 0 unspecified atom stereocenters. The smallest absolute Gasteiger partial charge is 0.0963 e. The lowest BCUT2D eigenvalue weighted by Crippen LogP contribution is -2.57. The SMILES string of the molecule is CC1(C)CN(CCC(C)(C)C(=N)N)CC(C)(C)O1. The van der Waals surface area contributed by atoms with Crippen molar-refractivity contribution in [2.24, 2.45) is 11.1 Å². The summed E-state index contributed by atoms with van der Waals surface area (Å²) in [6, 6.07) is 0. The van der Waals surface area contributed by atoms with Crippen molar-refractivity contribution in [2.45, 2.75) is 59.2 Å². The van der Waals surface area contributed by atoms with E-state index < -0.39 is 0 Å². The fourth-order valence-electron chi connectivity index (χ4n) is 2.68. The van der Waals surface area contributed by atoms with Gasteiger partial charge in [-0.05, 0) is 40.7 Å². The predicted molar refractivity (Wildman–Crippen MR) is 76.0 cm³/mol. The zero-order chi connectivity index (χ0) is 14.2. The Morgan fingerprint density at radius 3 is 2.06 bits per heavy atom. The third kappa shape index (κ3) is 4.25. The van der Waals surface area contributed by atoms with E-state index in [1.165, 1.54) is 0 Å². The van der Waals surface area contributed by atoms with Crippen LogP contribution in [0, 0.1) is 10.8 Å². The normalized spacial score (nSPS) is 23.9. The fourth-order valence-corrected chi connectivity index (χ4v) is 2.68. The molecule has 1 heterocycles. The highest BCUT2D eigenvalue weighted by Gasteiger charge is 2.38. The quantitative estimate of drug-likeness (QED) is 0.598. The molecule has 0 spiro atoms. The minimum absolute atomic E-state index is 0.109. The lowest BCUT2D eigenvalue weighted by Gasteiger charge is -2.47. The van der Waals surface area contributed by atoms with Gasteiger partial charge in [0.2, 0.25) is 0 Å². The van der Waals surface area contributed by atoms with Gasteiger partial charge in [0.25, 0.3) is 0 Å². The van der Waals surface area contributed by atoms with Crippen LogP contribution < -0.4 is 5.73 Å². The van der Waals surface area contributed by atoms with Gasteiger partial charge in [-0.15, -0.1) is 0 Å². The summed E-state index contributed by atoms with van der Waals surface area (Å²) < 4.78 is 6.06. The van der Waals surface area contributed by atoms with Crippen LogP contribution in [0.2, 0.25) is 0 Å². The third-order valence-corrected chi connectivity index (χ3v) is 3.54. The summed E-state index contributed by atoms with van der Waals surface area (Å²) in [7, 11) is 0. The Balaban J connectivity index is 2.60. The maximum atomic E-state index is 7.60. The van der Waals surface area contributed by atoms with E-state index in [0.29, 0.717) is 0 Å². The number of ether oxygens (including phenoxy) is 1. The van der Waals surface area contributed by atoms with Crippen LogP contribution in [-0.4, -0.2) is 41.6 Å². The van der Waals surface area contributed by atoms with Gasteiger partial charge in [-0.2, -0.15) is 0 Å². The Hall–Kier alpha value is -0.610. The molecule has 1 saturated heterocycles. The number of morpholine rings is 1. The number of nitrogens with two attached hydrogens (primary N) is 1. The molecule has 1 aliphatic rings. The third-order valence-electron chi connectivity index (χ3n) is 3.54. The van der Waals surface area contributed by atoms with Crippen LogP contribution in [0.4, 0.5) is 0 Å². The summed E-state index contributed by atoms with van der Waals surface area (Å²) in [6.07, 6.45) is 0.911. The van der Waals surface area contributed by atoms with Crippen LogP contribution in [0.15, 0.2) is 0 Å². The van der Waals surface area contributed by atoms with Gasteiger partial charge < -0.3 is 10.5 Å². The number of nitrogens with zero attached hydrogens (tertiary/aromatic N) is 1. The van der Waals surface area contributed by atoms with Crippen molar-refractivity contribution < 1.29 is 4.74 Å². The number of nitrogens with one attached hydrogen (secondary N) is 1. The van der Waals surface area contributed by atoms with Crippen molar-refractivity contribution in [3.05, 3.63) is 0 Å². The minimum Gasteiger partial charge on any atom is -0.387 e. The molecule has 1 aliphatic heterocycles. The summed E-state index contributed by atoms with van der Waals surface area (Å²) in [5, 5.41) is 7.60. The average molecular weight is 255 g/mol. The number of amidine groups is 1. The van der Waals surface area contributed by atoms with Gasteiger partial charge in [0.05, 0.1) is 17.0 Å². The monoisotopic (exact) mass is 255 g/mol. The summed E-state index contributed by atoms with van der Waals surface area (Å²) in [4.78, 5) is 2.42. The van der Waals surface area contributed by atoms with E-state index in [1.807, 2.05) is 13.8 Å². The van der Waals surface area contributed by atoms with Gasteiger partial charge >= 0.3 is 0 Å². The number of rotatable bonds is 4. The second-order valence-corrected chi connectivity index (χ2v) is 7.38. The average Bonchev–Trinajstić information content (AvgIpc) is 2.09. The Morgan fingerprint density at radius 2 is 1.67 bits per heavy atom. The molecule has 0 aliphatic carbocycles. The zero-order valence-corrected chi connectivity index (χ0v) is 12.8. The van der Waals surface area contributed by atoms with E-state index in [0.717, 1.165) is 26.1 Å². The van der Waals surface area contributed by atoms with Crippen molar-refractivity contribution in [3.8, 4) is 0 Å². The van der Waals surface area contributed by atoms with E-state index in [9.17, 15) is 0 Å². The molecule has 18 heavy (non-hydrogen) atoms. The molecule has 0 bridgehead atoms. The Kier molecular flexibility index (Phi) is 4.13. The molecule has 0 atom stereocenters. The van der Waals surface area contributed by atoms with E-state index in [4.69, 9.17) is 15.9 Å². The predicted octanol–water partition coefficient (Wildman–Crippen LogP) is 2.23. The second kappa shape index (κ2) is 4.82. The van der Waals surface area contributed by atoms with Crippen LogP contribution in [0.3, 0.4) is 0 Å². The molecule has 0 amide bonds. The summed E-state index contributed by atoms with van der Waals surface area (Å²) >= 11 is 0. The largest absolute Gasteiger partial charge is 0.387 e. The fraction of sp³-hybridized carbons (Fsp3) is 0.929. The molecule has 4 nitrogen and oxygen atoms in total. The van der Waals surface area contributed by atoms with Gasteiger partial charge in [-0.25, -0.2) is 0 Å². The van der Waals surface area contributed by atoms with Crippen molar-refractivity contribution in [1.82, 2.24) is 4.90 Å². The first-order valence-electron chi connectivity index (χ1n) is 6.71. The molecule has 0 radical (unpaired) electrons. The number of hydrogen-bond donors (Lipinski definition) is 2. The summed E-state index contributed by atoms with van der Waals surface area (Å²) in [5.41, 5.74) is 5.20. The Bertz CT molecular complexity index is 305. The van der Waals surface area contributed by atoms with E-state index in [2.05, 4.69) is 32.6 Å². The lowest BCUT2D eigenvalue weighted by atomic mass is 9.87. The lowest BCUT2D eigenvalue weighted by molar-refractivity contribution is -0.180. The molecule has 106 valence electrons. The maximum Gasteiger partial charge on any atom is 0.0963 e. The molecule has 1 rings (SSSR count). The van der Waals surface area contributed by atoms with Gasteiger partial charge in [0.15, 0.2) is 0 Å². The first-order valence-corrected chi connectivity index (χ1v) is 6.71. The summed E-state index contributed by atoms with van der Waals surface area (Å²) in [5.74, 6) is 0.272. The van der Waals surface area contributed by atoms with Gasteiger partial charge in [-0.3, -0.25) is 10.3 Å². The Labute approximate surface area is 111 Å². The van der Waals surface area contributed by atoms with Crippen LogP contribution in [0.5, 0.6) is 0 Å². The van der Waals surface area contributed by atoms with E-state index >= 15 is 0 Å². The van der Waals surface area contributed by atoms with Crippen molar-refractivity contribution in [3.63, 3.8) is 0 Å². The molecular formula is C14H29N3O. The van der Waals surface area contributed by atoms with Crippen molar-refractivity contribution >= 4 is 5.84 Å². The van der Waals surface area contributed by atoms with Gasteiger partial charge in [0, 0.05) is 18.5 Å². The molecule has 0 saturated carbocycles. The molecule has 0 aromatic carbocycles. The minimum atomic E-state index is -0.216. The standard InChI is InChI=1S/C14H29N3O/c1-12(2,11(15)16)7-8-17-9-13(3,4)18-14(5,6)10-17/h7-10H2,1-6H3,(H3,15,16). The molecule has 0 aromatic heterocycles. The first-order chi connectivity index (χ1) is 7.94. The summed E-state index contributed by atoms with van der Waals surface area (Å²) in [6.45, 7) is 15.4. The molecule has 3 N–H and O–H groups in total. The van der Waals surface area contributed by atoms with E-state index in [1.54, 1.807) is 0 Å². The number of hydrogen-bond acceptors (Lipinski definition) is 3.